The highest BCUT2D eigenvalue weighted by atomic mass is 16.5. The van der Waals surface area contributed by atoms with E-state index in [2.05, 4.69) is 15.6 Å². The van der Waals surface area contributed by atoms with Crippen molar-refractivity contribution in [1.82, 2.24) is 20.5 Å². The van der Waals surface area contributed by atoms with E-state index in [9.17, 15) is 14.4 Å². The molecule has 0 atom stereocenters. The highest BCUT2D eigenvalue weighted by Crippen LogP contribution is 2.26. The topological polar surface area (TPSA) is 101 Å². The molecular weight excluding hydrogens is 360 g/mol. The van der Waals surface area contributed by atoms with Crippen molar-refractivity contribution in [3.05, 3.63) is 59.8 Å². The zero-order chi connectivity index (χ0) is 19.6. The van der Waals surface area contributed by atoms with E-state index in [1.165, 1.54) is 0 Å². The van der Waals surface area contributed by atoms with Crippen LogP contribution in [0.25, 0.3) is 0 Å². The Morgan fingerprint density at radius 3 is 2.57 bits per heavy atom. The van der Waals surface area contributed by atoms with Crippen molar-refractivity contribution >= 4 is 17.8 Å². The number of carbonyl (C=O) groups excluding carboxylic acids is 3. The summed E-state index contributed by atoms with van der Waals surface area (Å²) in [4.78, 5) is 42.1. The molecule has 1 spiro atoms. The molecule has 1 aromatic heterocycles. The van der Waals surface area contributed by atoms with Crippen LogP contribution < -0.4 is 15.4 Å². The molecule has 0 radical (unpaired) electrons. The Hall–Kier alpha value is -3.42. The van der Waals surface area contributed by atoms with Gasteiger partial charge in [0.05, 0.1) is 0 Å². The number of amides is 4. The van der Waals surface area contributed by atoms with Gasteiger partial charge in [0.15, 0.2) is 0 Å². The molecule has 28 heavy (non-hydrogen) atoms. The van der Waals surface area contributed by atoms with Gasteiger partial charge in [-0.3, -0.25) is 14.9 Å². The number of benzene rings is 1. The lowest BCUT2D eigenvalue weighted by Gasteiger charge is -2.37. The number of urea groups is 1. The third-order valence-electron chi connectivity index (χ3n) is 5.13. The first-order valence-electron chi connectivity index (χ1n) is 9.11. The fourth-order valence-electron chi connectivity index (χ4n) is 3.51. The first-order valence-corrected chi connectivity index (χ1v) is 9.11. The van der Waals surface area contributed by atoms with Crippen molar-refractivity contribution in [3.63, 3.8) is 0 Å². The number of aromatic nitrogens is 1. The van der Waals surface area contributed by atoms with Crippen LogP contribution >= 0.6 is 0 Å². The second kappa shape index (κ2) is 7.30. The zero-order valence-electron chi connectivity index (χ0n) is 15.2. The van der Waals surface area contributed by atoms with Crippen LogP contribution in [0.3, 0.4) is 0 Å². The lowest BCUT2D eigenvalue weighted by molar-refractivity contribution is -0.125. The van der Waals surface area contributed by atoms with Gasteiger partial charge in [-0.2, -0.15) is 0 Å². The standard InChI is InChI=1S/C20H20N4O4/c25-17(24-10-7-20(8-11-24)18(26)22-19(27)23-20)15-6-9-21-16(12-15)28-13-14-4-2-1-3-5-14/h1-6,9,12H,7-8,10-11,13H2,(H2,22,23,26,27). The minimum Gasteiger partial charge on any atom is -0.473 e. The average Bonchev–Trinajstić information content (AvgIpc) is 3.00. The number of nitrogens with one attached hydrogen (secondary N) is 2. The molecule has 1 aromatic carbocycles. The fourth-order valence-corrected chi connectivity index (χ4v) is 3.51. The number of rotatable bonds is 4. The molecular formula is C20H20N4O4. The summed E-state index contributed by atoms with van der Waals surface area (Å²) in [5, 5.41) is 4.96. The number of hydrogen-bond acceptors (Lipinski definition) is 5. The van der Waals surface area contributed by atoms with Gasteiger partial charge in [-0.15, -0.1) is 0 Å². The Morgan fingerprint density at radius 1 is 1.14 bits per heavy atom. The normalized spacial score (nSPS) is 17.9. The minimum absolute atomic E-state index is 0.147. The van der Waals surface area contributed by atoms with Gasteiger partial charge in [-0.25, -0.2) is 9.78 Å². The molecule has 2 saturated heterocycles. The Morgan fingerprint density at radius 2 is 1.89 bits per heavy atom. The van der Waals surface area contributed by atoms with Gasteiger partial charge in [-0.05, 0) is 24.5 Å². The first-order chi connectivity index (χ1) is 13.6. The Bertz CT molecular complexity index is 907. The molecule has 4 amide bonds. The molecule has 0 saturated carbocycles. The average molecular weight is 380 g/mol. The zero-order valence-corrected chi connectivity index (χ0v) is 15.2. The van der Waals surface area contributed by atoms with E-state index in [0.717, 1.165) is 5.56 Å². The van der Waals surface area contributed by atoms with E-state index in [1.807, 2.05) is 30.3 Å². The van der Waals surface area contributed by atoms with Crippen molar-refractivity contribution in [2.24, 2.45) is 0 Å². The highest BCUT2D eigenvalue weighted by Gasteiger charge is 2.48. The molecule has 0 bridgehead atoms. The second-order valence-electron chi connectivity index (χ2n) is 6.94. The molecule has 2 aromatic rings. The number of hydrogen-bond donors (Lipinski definition) is 2. The number of imide groups is 1. The lowest BCUT2D eigenvalue weighted by Crippen LogP contribution is -2.55. The fraction of sp³-hybridized carbons (Fsp3) is 0.300. The monoisotopic (exact) mass is 380 g/mol. The molecule has 8 heteroatoms. The van der Waals surface area contributed by atoms with E-state index >= 15 is 0 Å². The summed E-state index contributed by atoms with van der Waals surface area (Å²) in [6, 6.07) is 12.5. The van der Waals surface area contributed by atoms with Crippen LogP contribution in [0.5, 0.6) is 5.88 Å². The maximum Gasteiger partial charge on any atom is 0.322 e. The Labute approximate surface area is 161 Å². The number of pyridine rings is 1. The van der Waals surface area contributed by atoms with Crippen molar-refractivity contribution in [1.29, 1.82) is 0 Å². The Balaban J connectivity index is 1.39. The SMILES string of the molecule is O=C1NC(=O)C2(CCN(C(=O)c3ccnc(OCc4ccccc4)c3)CC2)N1. The van der Waals surface area contributed by atoms with Gasteiger partial charge in [-0.1, -0.05) is 30.3 Å². The van der Waals surface area contributed by atoms with Crippen LogP contribution in [0, 0.1) is 0 Å². The van der Waals surface area contributed by atoms with Crippen LogP contribution in [-0.4, -0.2) is 46.4 Å². The molecule has 2 aliphatic rings. The van der Waals surface area contributed by atoms with E-state index in [-0.39, 0.29) is 11.8 Å². The quantitative estimate of drug-likeness (QED) is 0.783. The molecule has 8 nitrogen and oxygen atoms in total. The smallest absolute Gasteiger partial charge is 0.322 e. The molecule has 3 heterocycles. The molecule has 0 aliphatic carbocycles. The van der Waals surface area contributed by atoms with E-state index in [1.54, 1.807) is 23.2 Å². The van der Waals surface area contributed by atoms with E-state index in [0.29, 0.717) is 44.0 Å². The van der Waals surface area contributed by atoms with Gasteiger partial charge in [0.2, 0.25) is 5.88 Å². The Kier molecular flexibility index (Phi) is 4.68. The first kappa shape index (κ1) is 18.0. The predicted octanol–water partition coefficient (Wildman–Crippen LogP) is 1.47. The maximum atomic E-state index is 12.8. The van der Waals surface area contributed by atoms with Crippen LogP contribution in [-0.2, 0) is 11.4 Å². The van der Waals surface area contributed by atoms with Gasteiger partial charge in [0.1, 0.15) is 12.1 Å². The molecule has 0 unspecified atom stereocenters. The maximum absolute atomic E-state index is 12.8. The van der Waals surface area contributed by atoms with E-state index in [4.69, 9.17) is 4.74 Å². The van der Waals surface area contributed by atoms with E-state index < -0.39 is 11.6 Å². The molecule has 2 aliphatic heterocycles. The summed E-state index contributed by atoms with van der Waals surface area (Å²) in [6.07, 6.45) is 2.32. The molecule has 2 N–H and O–H groups in total. The summed E-state index contributed by atoms with van der Waals surface area (Å²) >= 11 is 0. The number of carbonyl (C=O) groups is 3. The number of nitrogens with zero attached hydrogens (tertiary/aromatic N) is 2. The summed E-state index contributed by atoms with van der Waals surface area (Å²) in [5.74, 6) is -0.0812. The van der Waals surface area contributed by atoms with Gasteiger partial charge in [0, 0.05) is 30.9 Å². The third kappa shape index (κ3) is 3.53. The highest BCUT2D eigenvalue weighted by molar-refractivity contribution is 6.07. The van der Waals surface area contributed by atoms with Gasteiger partial charge >= 0.3 is 6.03 Å². The minimum atomic E-state index is -0.893. The number of ether oxygens (including phenoxy) is 1. The summed E-state index contributed by atoms with van der Waals surface area (Å²) in [6.45, 7) is 1.14. The van der Waals surface area contributed by atoms with Crippen molar-refractivity contribution in [3.8, 4) is 5.88 Å². The third-order valence-corrected chi connectivity index (χ3v) is 5.13. The van der Waals surface area contributed by atoms with Crippen molar-refractivity contribution in [2.75, 3.05) is 13.1 Å². The van der Waals surface area contributed by atoms with Crippen LogP contribution in [0.1, 0.15) is 28.8 Å². The largest absolute Gasteiger partial charge is 0.473 e. The van der Waals surface area contributed by atoms with Gasteiger partial charge < -0.3 is 15.0 Å². The van der Waals surface area contributed by atoms with Crippen molar-refractivity contribution in [2.45, 2.75) is 25.0 Å². The summed E-state index contributed by atoms with van der Waals surface area (Å²) < 4.78 is 5.69. The lowest BCUT2D eigenvalue weighted by atomic mass is 9.87. The van der Waals surface area contributed by atoms with Crippen molar-refractivity contribution < 1.29 is 19.1 Å². The molecule has 144 valence electrons. The summed E-state index contributed by atoms with van der Waals surface area (Å²) in [7, 11) is 0. The van der Waals surface area contributed by atoms with Gasteiger partial charge in [0.25, 0.3) is 11.8 Å². The van der Waals surface area contributed by atoms with Crippen LogP contribution in [0.4, 0.5) is 4.79 Å². The summed E-state index contributed by atoms with van der Waals surface area (Å²) in [5.41, 5.74) is 0.601. The number of piperidine rings is 1. The van der Waals surface area contributed by atoms with Crippen LogP contribution in [0.15, 0.2) is 48.7 Å². The molecule has 2 fully saturated rings. The van der Waals surface area contributed by atoms with Crippen LogP contribution in [0.2, 0.25) is 0 Å². The molecule has 4 rings (SSSR count). The number of likely N-dealkylation sites (tertiary alicyclic amines) is 1. The predicted molar refractivity (Wildman–Crippen MR) is 99.6 cm³/mol. The second-order valence-corrected chi connectivity index (χ2v) is 6.94.